The molecule has 11 heteroatoms. The van der Waals surface area contributed by atoms with Crippen molar-refractivity contribution in [3.8, 4) is 0 Å². The molecular formula is C24H30N6O4S. The van der Waals surface area contributed by atoms with Crippen LogP contribution in [0.25, 0.3) is 0 Å². The molecule has 2 aromatic carbocycles. The van der Waals surface area contributed by atoms with Gasteiger partial charge in [-0.3, -0.25) is 0 Å². The van der Waals surface area contributed by atoms with E-state index in [4.69, 9.17) is 0 Å². The normalized spacial score (nSPS) is 17.9. The number of nitrogens with one attached hydrogen (secondary N) is 3. The van der Waals surface area contributed by atoms with Crippen LogP contribution < -0.4 is 16.0 Å². The van der Waals surface area contributed by atoms with Crippen LogP contribution in [-0.2, 0) is 10.0 Å². The van der Waals surface area contributed by atoms with Crippen molar-refractivity contribution < 1.29 is 18.0 Å². The number of hydrogen-bond donors (Lipinski definition) is 3. The summed E-state index contributed by atoms with van der Waals surface area (Å²) < 4.78 is 29.5. The molecule has 2 aliphatic heterocycles. The number of nitrogens with zero attached hydrogens (tertiary/aromatic N) is 3. The Morgan fingerprint density at radius 3 is 2.34 bits per heavy atom. The van der Waals surface area contributed by atoms with Crippen LogP contribution in [0.1, 0.15) is 25.7 Å². The minimum atomic E-state index is -3.87. The Morgan fingerprint density at radius 1 is 0.943 bits per heavy atom. The number of likely N-dealkylation sites (tertiary alicyclic amines) is 2. The van der Waals surface area contributed by atoms with Gasteiger partial charge in [0.05, 0.1) is 4.90 Å². The highest BCUT2D eigenvalue weighted by atomic mass is 32.2. The highest BCUT2D eigenvalue weighted by Crippen LogP contribution is 2.21. The molecule has 2 saturated heterocycles. The first kappa shape index (κ1) is 24.5. The van der Waals surface area contributed by atoms with Crippen molar-refractivity contribution in [3.05, 3.63) is 54.6 Å². The smallest absolute Gasteiger partial charge is 0.321 e. The minimum absolute atomic E-state index is 0.0374. The lowest BCUT2D eigenvalue weighted by Crippen LogP contribution is -2.48. The Morgan fingerprint density at radius 2 is 1.66 bits per heavy atom. The second-order valence-corrected chi connectivity index (χ2v) is 10.3. The maximum absolute atomic E-state index is 12.8. The fraction of sp³-hybridized carbons (Fsp3) is 0.375. The van der Waals surface area contributed by atoms with E-state index in [1.54, 1.807) is 17.0 Å². The Kier molecular flexibility index (Phi) is 7.54. The summed E-state index contributed by atoms with van der Waals surface area (Å²) in [4.78, 5) is 28.5. The highest BCUT2D eigenvalue weighted by molar-refractivity contribution is 7.90. The van der Waals surface area contributed by atoms with Crippen LogP contribution in [0.2, 0.25) is 0 Å². The van der Waals surface area contributed by atoms with Gasteiger partial charge in [0.1, 0.15) is 5.84 Å². The number of carbonyl (C=O) groups excluding carboxylic acids is 2. The zero-order valence-corrected chi connectivity index (χ0v) is 20.4. The topological polar surface area (TPSA) is 123 Å². The molecule has 186 valence electrons. The second-order valence-electron chi connectivity index (χ2n) is 8.69. The van der Waals surface area contributed by atoms with E-state index in [1.807, 2.05) is 42.3 Å². The molecule has 0 aliphatic carbocycles. The van der Waals surface area contributed by atoms with Gasteiger partial charge in [0.25, 0.3) is 10.0 Å². The Hall–Kier alpha value is -3.60. The zero-order valence-electron chi connectivity index (χ0n) is 19.6. The lowest BCUT2D eigenvalue weighted by Gasteiger charge is -2.32. The van der Waals surface area contributed by atoms with Crippen molar-refractivity contribution in [1.82, 2.24) is 15.1 Å². The average molecular weight is 499 g/mol. The molecule has 2 aromatic rings. The summed E-state index contributed by atoms with van der Waals surface area (Å²) in [5, 5.41) is 8.52. The third kappa shape index (κ3) is 6.50. The molecule has 2 aliphatic rings. The third-order valence-electron chi connectivity index (χ3n) is 6.09. The van der Waals surface area contributed by atoms with Gasteiger partial charge in [-0.15, -0.1) is 4.40 Å². The quantitative estimate of drug-likeness (QED) is 0.584. The standard InChI is InChI=1S/C24H30N6O4S/c1-29-14-6-11-22(29)28-35(33,34)21-10-5-9-20(17-21)27-24(32)30-15-12-19(13-16-30)26-23(31)25-18-7-3-2-4-8-18/h2-5,7-10,17,19H,6,11-16H2,1H3,(H,27,32)(H2,25,26,31)/b28-22+. The first-order valence-corrected chi connectivity index (χ1v) is 13.1. The van der Waals surface area contributed by atoms with Crippen molar-refractivity contribution in [3.63, 3.8) is 0 Å². The molecule has 0 spiro atoms. The van der Waals surface area contributed by atoms with E-state index in [-0.39, 0.29) is 23.0 Å². The average Bonchev–Trinajstić information content (AvgIpc) is 3.24. The summed E-state index contributed by atoms with van der Waals surface area (Å²) in [7, 11) is -2.04. The Bertz CT molecular complexity index is 1190. The van der Waals surface area contributed by atoms with Crippen molar-refractivity contribution >= 4 is 39.3 Å². The number of hydrogen-bond acceptors (Lipinski definition) is 4. The number of piperidine rings is 1. The number of amides is 4. The molecule has 0 saturated carbocycles. The summed E-state index contributed by atoms with van der Waals surface area (Å²) in [5.41, 5.74) is 1.10. The fourth-order valence-electron chi connectivity index (χ4n) is 4.14. The first-order valence-electron chi connectivity index (χ1n) is 11.6. The fourth-order valence-corrected chi connectivity index (χ4v) is 5.28. The summed E-state index contributed by atoms with van der Waals surface area (Å²) in [6.45, 7) is 1.73. The summed E-state index contributed by atoms with van der Waals surface area (Å²) in [5.74, 6) is 0.549. The van der Waals surface area contributed by atoms with E-state index in [9.17, 15) is 18.0 Å². The molecule has 0 unspecified atom stereocenters. The van der Waals surface area contributed by atoms with Crippen LogP contribution in [-0.4, -0.2) is 68.8 Å². The van der Waals surface area contributed by atoms with Crippen molar-refractivity contribution in [2.24, 2.45) is 4.40 Å². The van der Waals surface area contributed by atoms with Crippen LogP contribution in [0.15, 0.2) is 63.9 Å². The van der Waals surface area contributed by atoms with E-state index >= 15 is 0 Å². The van der Waals surface area contributed by atoms with E-state index in [0.717, 1.165) is 13.0 Å². The number of rotatable bonds is 5. The molecular weight excluding hydrogens is 468 g/mol. The lowest BCUT2D eigenvalue weighted by molar-refractivity contribution is 0.189. The third-order valence-corrected chi connectivity index (χ3v) is 7.39. The molecule has 4 rings (SSSR count). The van der Waals surface area contributed by atoms with Crippen molar-refractivity contribution in [2.75, 3.05) is 37.3 Å². The molecule has 0 bridgehead atoms. The first-order chi connectivity index (χ1) is 16.8. The van der Waals surface area contributed by atoms with Gasteiger partial charge in [0, 0.05) is 50.5 Å². The van der Waals surface area contributed by atoms with Gasteiger partial charge in [0.15, 0.2) is 0 Å². The molecule has 10 nitrogen and oxygen atoms in total. The maximum atomic E-state index is 12.8. The molecule has 0 atom stereocenters. The van der Waals surface area contributed by atoms with Crippen LogP contribution in [0.5, 0.6) is 0 Å². The van der Waals surface area contributed by atoms with Crippen LogP contribution in [0, 0.1) is 0 Å². The molecule has 0 radical (unpaired) electrons. The predicted molar refractivity (Wildman–Crippen MR) is 135 cm³/mol. The summed E-state index contributed by atoms with van der Waals surface area (Å²) in [6, 6.07) is 14.7. The van der Waals surface area contributed by atoms with Gasteiger partial charge < -0.3 is 25.8 Å². The van der Waals surface area contributed by atoms with Gasteiger partial charge in [-0.25, -0.2) is 9.59 Å². The van der Waals surface area contributed by atoms with Crippen molar-refractivity contribution in [2.45, 2.75) is 36.6 Å². The molecule has 4 amide bonds. The number of anilines is 2. The number of benzene rings is 2. The van der Waals surface area contributed by atoms with Gasteiger partial charge >= 0.3 is 12.1 Å². The monoisotopic (exact) mass is 498 g/mol. The van der Waals surface area contributed by atoms with Crippen LogP contribution in [0.3, 0.4) is 0 Å². The Labute approximate surface area is 205 Å². The highest BCUT2D eigenvalue weighted by Gasteiger charge is 2.25. The van der Waals surface area contributed by atoms with E-state index < -0.39 is 10.0 Å². The molecule has 2 heterocycles. The SMILES string of the molecule is CN1CCC/C1=N\S(=O)(=O)c1cccc(NC(=O)N2CCC(NC(=O)Nc3ccccc3)CC2)c1. The zero-order chi connectivity index (χ0) is 24.8. The molecule has 2 fully saturated rings. The van der Waals surface area contributed by atoms with Crippen LogP contribution in [0.4, 0.5) is 21.0 Å². The van der Waals surface area contributed by atoms with Gasteiger partial charge in [-0.2, -0.15) is 8.42 Å². The van der Waals surface area contributed by atoms with E-state index in [0.29, 0.717) is 49.6 Å². The van der Waals surface area contributed by atoms with E-state index in [1.165, 1.54) is 12.1 Å². The van der Waals surface area contributed by atoms with Gasteiger partial charge in [0.2, 0.25) is 0 Å². The number of amidine groups is 1. The number of carbonyl (C=O) groups is 2. The lowest BCUT2D eigenvalue weighted by atomic mass is 10.1. The molecule has 3 N–H and O–H groups in total. The van der Waals surface area contributed by atoms with Crippen molar-refractivity contribution in [1.29, 1.82) is 0 Å². The number of urea groups is 2. The van der Waals surface area contributed by atoms with E-state index in [2.05, 4.69) is 20.3 Å². The maximum Gasteiger partial charge on any atom is 0.321 e. The molecule has 35 heavy (non-hydrogen) atoms. The van der Waals surface area contributed by atoms with Gasteiger partial charge in [-0.1, -0.05) is 24.3 Å². The van der Waals surface area contributed by atoms with Crippen LogP contribution >= 0.6 is 0 Å². The predicted octanol–water partition coefficient (Wildman–Crippen LogP) is 3.32. The summed E-state index contributed by atoms with van der Waals surface area (Å²) >= 11 is 0. The van der Waals surface area contributed by atoms with Gasteiger partial charge in [-0.05, 0) is 49.6 Å². The summed E-state index contributed by atoms with van der Waals surface area (Å²) in [6.07, 6.45) is 2.75. The second kappa shape index (κ2) is 10.8. The number of para-hydroxylation sites is 1. The molecule has 0 aromatic heterocycles. The Balaban J connectivity index is 1.29. The minimum Gasteiger partial charge on any atom is -0.362 e. The number of sulfonamides is 1. The largest absolute Gasteiger partial charge is 0.362 e.